The largest absolute Gasteiger partial charge is 0.481 e. The van der Waals surface area contributed by atoms with Crippen molar-refractivity contribution in [3.05, 3.63) is 59.7 Å². The molecule has 0 saturated heterocycles. The van der Waals surface area contributed by atoms with Crippen molar-refractivity contribution >= 4 is 18.0 Å². The molecule has 0 bridgehead atoms. The van der Waals surface area contributed by atoms with Gasteiger partial charge in [0.1, 0.15) is 12.6 Å². The number of rotatable bonds is 9. The van der Waals surface area contributed by atoms with Gasteiger partial charge in [-0.3, -0.25) is 9.59 Å². The Balaban J connectivity index is 1.67. The Morgan fingerprint density at radius 2 is 1.53 bits per heavy atom. The van der Waals surface area contributed by atoms with E-state index in [1.165, 1.54) is 0 Å². The first-order valence-corrected chi connectivity index (χ1v) is 10.6. The van der Waals surface area contributed by atoms with E-state index in [-0.39, 0.29) is 25.0 Å². The van der Waals surface area contributed by atoms with Crippen LogP contribution in [0.1, 0.15) is 37.3 Å². The van der Waals surface area contributed by atoms with Crippen molar-refractivity contribution in [2.45, 2.75) is 38.3 Å². The highest BCUT2D eigenvalue weighted by Crippen LogP contribution is 2.44. The highest BCUT2D eigenvalue weighted by Gasteiger charge is 2.31. The fourth-order valence-corrected chi connectivity index (χ4v) is 3.87. The topological polar surface area (TPSA) is 125 Å². The third kappa shape index (κ3) is 5.26. The SMILES string of the molecule is CC(C)[C@@H](CO)NC(=O)C(CC(=O)O)NC(=O)OCC1c2ccccc2-c2ccccc21. The minimum absolute atomic E-state index is 0.0481. The first-order chi connectivity index (χ1) is 15.3. The van der Waals surface area contributed by atoms with Gasteiger partial charge < -0.3 is 25.6 Å². The number of carbonyl (C=O) groups is 3. The van der Waals surface area contributed by atoms with Gasteiger partial charge in [-0.2, -0.15) is 0 Å². The minimum atomic E-state index is -1.32. The number of carbonyl (C=O) groups excluding carboxylic acids is 2. The van der Waals surface area contributed by atoms with E-state index in [2.05, 4.69) is 10.6 Å². The molecular formula is C24H28N2O6. The standard InChI is InChI=1S/C24H28N2O6/c1-14(2)21(12-27)25-23(30)20(11-22(28)29)26-24(31)32-13-19-17-9-5-3-7-15(17)16-8-4-6-10-18(16)19/h3-10,14,19-21,27H,11-13H2,1-2H3,(H,25,30)(H,26,31)(H,28,29)/t20?,21-/m1/s1. The maximum atomic E-state index is 12.5. The van der Waals surface area contributed by atoms with E-state index < -0.39 is 36.5 Å². The number of aliphatic hydroxyl groups is 1. The summed E-state index contributed by atoms with van der Waals surface area (Å²) in [5.41, 5.74) is 4.26. The van der Waals surface area contributed by atoms with Crippen molar-refractivity contribution in [2.75, 3.05) is 13.2 Å². The molecule has 2 atom stereocenters. The van der Waals surface area contributed by atoms with Crippen LogP contribution in [-0.4, -0.2) is 53.5 Å². The molecular weight excluding hydrogens is 412 g/mol. The molecule has 1 unspecified atom stereocenters. The van der Waals surface area contributed by atoms with Gasteiger partial charge in [-0.05, 0) is 28.2 Å². The Hall–Kier alpha value is -3.39. The molecule has 0 heterocycles. The second kappa shape index (κ2) is 10.3. The van der Waals surface area contributed by atoms with Crippen LogP contribution < -0.4 is 10.6 Å². The number of benzene rings is 2. The lowest BCUT2D eigenvalue weighted by Gasteiger charge is -2.24. The van der Waals surface area contributed by atoms with E-state index in [4.69, 9.17) is 9.84 Å². The number of ether oxygens (including phenoxy) is 1. The lowest BCUT2D eigenvalue weighted by Crippen LogP contribution is -2.52. The van der Waals surface area contributed by atoms with Crippen molar-refractivity contribution in [2.24, 2.45) is 5.92 Å². The third-order valence-electron chi connectivity index (χ3n) is 5.66. The van der Waals surface area contributed by atoms with Crippen LogP contribution >= 0.6 is 0 Å². The Morgan fingerprint density at radius 3 is 2.03 bits per heavy atom. The second-order valence-electron chi connectivity index (χ2n) is 8.16. The van der Waals surface area contributed by atoms with Crippen molar-refractivity contribution < 1.29 is 29.3 Å². The van der Waals surface area contributed by atoms with Crippen LogP contribution in [-0.2, 0) is 14.3 Å². The molecule has 1 aliphatic rings. The van der Waals surface area contributed by atoms with E-state index in [0.29, 0.717) is 0 Å². The number of alkyl carbamates (subject to hydrolysis) is 1. The van der Waals surface area contributed by atoms with Gasteiger partial charge in [0.2, 0.25) is 5.91 Å². The first kappa shape index (κ1) is 23.3. The van der Waals surface area contributed by atoms with E-state index in [0.717, 1.165) is 22.3 Å². The molecule has 8 heteroatoms. The summed E-state index contributed by atoms with van der Waals surface area (Å²) in [5, 5.41) is 23.5. The normalized spacial score (nSPS) is 14.2. The van der Waals surface area contributed by atoms with Gasteiger partial charge >= 0.3 is 12.1 Å². The van der Waals surface area contributed by atoms with Crippen LogP contribution in [0, 0.1) is 5.92 Å². The second-order valence-corrected chi connectivity index (χ2v) is 8.16. The van der Waals surface area contributed by atoms with E-state index >= 15 is 0 Å². The number of carboxylic acid groups (broad SMARTS) is 1. The van der Waals surface area contributed by atoms with Gasteiger partial charge in [-0.1, -0.05) is 62.4 Å². The number of hydrogen-bond donors (Lipinski definition) is 4. The highest BCUT2D eigenvalue weighted by molar-refractivity contribution is 5.89. The van der Waals surface area contributed by atoms with Crippen LogP contribution in [0.5, 0.6) is 0 Å². The molecule has 0 fully saturated rings. The number of fused-ring (bicyclic) bond motifs is 3. The van der Waals surface area contributed by atoms with Crippen molar-refractivity contribution in [3.63, 3.8) is 0 Å². The molecule has 0 spiro atoms. The number of aliphatic hydroxyl groups excluding tert-OH is 1. The summed E-state index contributed by atoms with van der Waals surface area (Å²) in [6, 6.07) is 13.9. The van der Waals surface area contributed by atoms with Gasteiger partial charge in [0, 0.05) is 5.92 Å². The zero-order chi connectivity index (χ0) is 23.3. The summed E-state index contributed by atoms with van der Waals surface area (Å²) in [6.45, 7) is 3.37. The van der Waals surface area contributed by atoms with Crippen molar-refractivity contribution in [1.29, 1.82) is 0 Å². The summed E-state index contributed by atoms with van der Waals surface area (Å²) < 4.78 is 5.41. The Bertz CT molecular complexity index is 944. The number of amides is 2. The predicted molar refractivity (Wildman–Crippen MR) is 118 cm³/mol. The molecule has 3 rings (SSSR count). The number of hydrogen-bond acceptors (Lipinski definition) is 5. The fraction of sp³-hybridized carbons (Fsp3) is 0.375. The van der Waals surface area contributed by atoms with Crippen molar-refractivity contribution in [1.82, 2.24) is 10.6 Å². The smallest absolute Gasteiger partial charge is 0.407 e. The molecule has 32 heavy (non-hydrogen) atoms. The van der Waals surface area contributed by atoms with Crippen LogP contribution in [0.4, 0.5) is 4.79 Å². The zero-order valence-electron chi connectivity index (χ0n) is 18.1. The third-order valence-corrected chi connectivity index (χ3v) is 5.66. The Morgan fingerprint density at radius 1 is 0.969 bits per heavy atom. The molecule has 8 nitrogen and oxygen atoms in total. The monoisotopic (exact) mass is 440 g/mol. The molecule has 2 amide bonds. The summed E-state index contributed by atoms with van der Waals surface area (Å²) in [6.07, 6.45) is -1.48. The van der Waals surface area contributed by atoms with E-state index in [1.54, 1.807) is 0 Å². The maximum absolute atomic E-state index is 12.5. The first-order valence-electron chi connectivity index (χ1n) is 10.6. The highest BCUT2D eigenvalue weighted by atomic mass is 16.5. The zero-order valence-corrected chi connectivity index (χ0v) is 18.1. The molecule has 0 aromatic heterocycles. The number of aliphatic carboxylic acids is 1. The van der Waals surface area contributed by atoms with Crippen LogP contribution in [0.2, 0.25) is 0 Å². The Kier molecular flexibility index (Phi) is 7.48. The van der Waals surface area contributed by atoms with Gasteiger partial charge in [0.25, 0.3) is 0 Å². The molecule has 0 radical (unpaired) electrons. The summed E-state index contributed by atoms with van der Waals surface area (Å²) >= 11 is 0. The molecule has 2 aromatic rings. The molecule has 1 aliphatic carbocycles. The molecule has 4 N–H and O–H groups in total. The van der Waals surface area contributed by atoms with Gasteiger partial charge in [0.05, 0.1) is 19.1 Å². The average Bonchev–Trinajstić information content (AvgIpc) is 3.08. The number of nitrogens with one attached hydrogen (secondary N) is 2. The molecule has 0 aliphatic heterocycles. The lowest BCUT2D eigenvalue weighted by molar-refractivity contribution is -0.140. The predicted octanol–water partition coefficient (Wildman–Crippen LogP) is 2.50. The van der Waals surface area contributed by atoms with Crippen LogP contribution in [0.15, 0.2) is 48.5 Å². The van der Waals surface area contributed by atoms with Crippen LogP contribution in [0.3, 0.4) is 0 Å². The van der Waals surface area contributed by atoms with Crippen LogP contribution in [0.25, 0.3) is 11.1 Å². The minimum Gasteiger partial charge on any atom is -0.481 e. The summed E-state index contributed by atoms with van der Waals surface area (Å²) in [4.78, 5) is 36.2. The van der Waals surface area contributed by atoms with E-state index in [9.17, 15) is 19.5 Å². The van der Waals surface area contributed by atoms with Gasteiger partial charge in [-0.15, -0.1) is 0 Å². The summed E-state index contributed by atoms with van der Waals surface area (Å²) in [5.74, 6) is -2.15. The van der Waals surface area contributed by atoms with Gasteiger partial charge in [-0.25, -0.2) is 4.79 Å². The fourth-order valence-electron chi connectivity index (χ4n) is 3.87. The average molecular weight is 440 g/mol. The quantitative estimate of drug-likeness (QED) is 0.475. The van der Waals surface area contributed by atoms with E-state index in [1.807, 2.05) is 62.4 Å². The molecule has 0 saturated carbocycles. The maximum Gasteiger partial charge on any atom is 0.407 e. The Labute approximate surface area is 186 Å². The molecule has 2 aromatic carbocycles. The molecule has 170 valence electrons. The van der Waals surface area contributed by atoms with Crippen molar-refractivity contribution in [3.8, 4) is 11.1 Å². The van der Waals surface area contributed by atoms with Gasteiger partial charge in [0.15, 0.2) is 0 Å². The lowest BCUT2D eigenvalue weighted by atomic mass is 9.98. The number of carboxylic acids is 1. The summed E-state index contributed by atoms with van der Waals surface area (Å²) in [7, 11) is 0.